The van der Waals surface area contributed by atoms with Gasteiger partial charge in [0.2, 0.25) is 0 Å². The molecule has 1 amide bonds. The van der Waals surface area contributed by atoms with Crippen LogP contribution in [0.5, 0.6) is 0 Å². The van der Waals surface area contributed by atoms with E-state index in [1.807, 2.05) is 18.2 Å². The van der Waals surface area contributed by atoms with Gasteiger partial charge in [0.05, 0.1) is 5.69 Å². The Morgan fingerprint density at radius 1 is 1.19 bits per heavy atom. The Morgan fingerprint density at radius 3 is 2.81 bits per heavy atom. The Labute approximate surface area is 170 Å². The Bertz CT molecular complexity index is 1240. The normalized spacial score (nSPS) is 10.9. The number of thiazole rings is 1. The SMILES string of the molecule is O=C(Nc1nc(-c2ccccc2Cl)cs1)c1cc2cc(Br)ccc2oc1=O. The van der Waals surface area contributed by atoms with Gasteiger partial charge in [-0.2, -0.15) is 0 Å². The molecule has 5 nitrogen and oxygen atoms in total. The first-order valence-electron chi connectivity index (χ1n) is 7.76. The summed E-state index contributed by atoms with van der Waals surface area (Å²) in [5.41, 5.74) is 1.04. The van der Waals surface area contributed by atoms with Gasteiger partial charge in [0, 0.05) is 25.8 Å². The van der Waals surface area contributed by atoms with Crippen molar-refractivity contribution >= 4 is 60.9 Å². The molecule has 27 heavy (non-hydrogen) atoms. The van der Waals surface area contributed by atoms with E-state index in [9.17, 15) is 9.59 Å². The predicted octanol–water partition coefficient (Wildman–Crippen LogP) is 5.58. The lowest BCUT2D eigenvalue weighted by molar-refractivity contribution is 0.102. The number of hydrogen-bond donors (Lipinski definition) is 1. The number of anilines is 1. The third-order valence-corrected chi connectivity index (χ3v) is 5.39. The summed E-state index contributed by atoms with van der Waals surface area (Å²) in [7, 11) is 0. The molecule has 2 heterocycles. The maximum absolute atomic E-state index is 12.5. The summed E-state index contributed by atoms with van der Waals surface area (Å²) in [4.78, 5) is 29.1. The largest absolute Gasteiger partial charge is 0.422 e. The molecule has 1 N–H and O–H groups in total. The Kier molecular flexibility index (Phi) is 4.82. The summed E-state index contributed by atoms with van der Waals surface area (Å²) >= 11 is 10.8. The van der Waals surface area contributed by atoms with E-state index in [-0.39, 0.29) is 5.56 Å². The van der Waals surface area contributed by atoms with E-state index in [1.54, 1.807) is 29.6 Å². The van der Waals surface area contributed by atoms with E-state index >= 15 is 0 Å². The highest BCUT2D eigenvalue weighted by molar-refractivity contribution is 9.10. The molecule has 0 unspecified atom stereocenters. The van der Waals surface area contributed by atoms with Crippen molar-refractivity contribution in [1.29, 1.82) is 0 Å². The van der Waals surface area contributed by atoms with Gasteiger partial charge in [-0.1, -0.05) is 45.7 Å². The van der Waals surface area contributed by atoms with Crippen molar-refractivity contribution in [2.24, 2.45) is 0 Å². The molecule has 0 spiro atoms. The molecule has 4 rings (SSSR count). The average Bonchev–Trinajstić information content (AvgIpc) is 3.10. The molecule has 0 aliphatic heterocycles. The lowest BCUT2D eigenvalue weighted by atomic mass is 10.2. The minimum atomic E-state index is -0.704. The fourth-order valence-electron chi connectivity index (χ4n) is 2.54. The van der Waals surface area contributed by atoms with Crippen LogP contribution in [0.2, 0.25) is 5.02 Å². The summed E-state index contributed by atoms with van der Waals surface area (Å²) in [6, 6.07) is 14.0. The van der Waals surface area contributed by atoms with Crippen molar-refractivity contribution < 1.29 is 9.21 Å². The summed E-state index contributed by atoms with van der Waals surface area (Å²) in [5, 5.41) is 6.01. The zero-order valence-corrected chi connectivity index (χ0v) is 16.7. The number of carbonyl (C=O) groups is 1. The molecule has 0 aliphatic rings. The molecular formula is C19H10BrClN2O3S. The molecule has 4 aromatic rings. The van der Waals surface area contributed by atoms with E-state index in [4.69, 9.17) is 16.0 Å². The molecule has 2 aromatic heterocycles. The number of fused-ring (bicyclic) bond motifs is 1. The molecule has 0 saturated heterocycles. The summed E-state index contributed by atoms with van der Waals surface area (Å²) in [6.45, 7) is 0. The van der Waals surface area contributed by atoms with Gasteiger partial charge in [0.1, 0.15) is 11.1 Å². The number of hydrogen-bond acceptors (Lipinski definition) is 5. The van der Waals surface area contributed by atoms with Crippen molar-refractivity contribution in [3.8, 4) is 11.3 Å². The minimum Gasteiger partial charge on any atom is -0.422 e. The first-order chi connectivity index (χ1) is 13.0. The molecule has 2 aromatic carbocycles. The van der Waals surface area contributed by atoms with Gasteiger partial charge in [0.25, 0.3) is 5.91 Å². The molecule has 134 valence electrons. The van der Waals surface area contributed by atoms with Gasteiger partial charge in [-0.05, 0) is 30.3 Å². The van der Waals surface area contributed by atoms with E-state index in [1.165, 1.54) is 17.4 Å². The van der Waals surface area contributed by atoms with E-state index < -0.39 is 11.5 Å². The number of rotatable bonds is 3. The highest BCUT2D eigenvalue weighted by atomic mass is 79.9. The lowest BCUT2D eigenvalue weighted by Gasteiger charge is -2.03. The van der Waals surface area contributed by atoms with Crippen LogP contribution in [-0.4, -0.2) is 10.9 Å². The number of nitrogens with one attached hydrogen (secondary N) is 1. The van der Waals surface area contributed by atoms with Gasteiger partial charge in [-0.3, -0.25) is 10.1 Å². The standard InChI is InChI=1S/C19H10BrClN2O3S/c20-11-5-6-16-10(7-11)8-13(18(25)26-16)17(24)23-19-22-15(9-27-19)12-3-1-2-4-14(12)21/h1-9H,(H,22,23,24). The number of amides is 1. The lowest BCUT2D eigenvalue weighted by Crippen LogP contribution is -2.20. The Balaban J connectivity index is 1.63. The molecule has 8 heteroatoms. The summed E-state index contributed by atoms with van der Waals surface area (Å²) < 4.78 is 6.04. The first-order valence-corrected chi connectivity index (χ1v) is 9.81. The van der Waals surface area contributed by atoms with E-state index in [2.05, 4.69) is 26.2 Å². The van der Waals surface area contributed by atoms with Crippen molar-refractivity contribution in [2.45, 2.75) is 0 Å². The molecule has 0 saturated carbocycles. The number of nitrogens with zero attached hydrogens (tertiary/aromatic N) is 1. The number of halogens is 2. The smallest absolute Gasteiger partial charge is 0.349 e. The molecule has 0 bridgehead atoms. The van der Waals surface area contributed by atoms with Crippen LogP contribution in [0.4, 0.5) is 5.13 Å². The maximum Gasteiger partial charge on any atom is 0.349 e. The van der Waals surface area contributed by atoms with Crippen LogP contribution < -0.4 is 10.9 Å². The van der Waals surface area contributed by atoms with Gasteiger partial charge in [0.15, 0.2) is 5.13 Å². The second-order valence-corrected chi connectivity index (χ2v) is 7.78. The number of aromatic nitrogens is 1. The quantitative estimate of drug-likeness (QED) is 0.404. The van der Waals surface area contributed by atoms with Crippen LogP contribution >= 0.6 is 38.9 Å². The molecule has 0 fully saturated rings. The highest BCUT2D eigenvalue weighted by Gasteiger charge is 2.16. The topological polar surface area (TPSA) is 72.2 Å². The predicted molar refractivity (Wildman–Crippen MR) is 111 cm³/mol. The fraction of sp³-hybridized carbons (Fsp3) is 0. The van der Waals surface area contributed by atoms with Crippen molar-refractivity contribution in [1.82, 2.24) is 4.98 Å². The third kappa shape index (κ3) is 3.66. The van der Waals surface area contributed by atoms with E-state index in [0.717, 1.165) is 10.0 Å². The van der Waals surface area contributed by atoms with Crippen molar-refractivity contribution in [2.75, 3.05) is 5.32 Å². The molecular weight excluding hydrogens is 452 g/mol. The van der Waals surface area contributed by atoms with Crippen LogP contribution in [0.1, 0.15) is 10.4 Å². The van der Waals surface area contributed by atoms with Crippen molar-refractivity contribution in [3.63, 3.8) is 0 Å². The zero-order chi connectivity index (χ0) is 19.0. The molecule has 0 radical (unpaired) electrons. The van der Waals surface area contributed by atoms with Gasteiger partial charge in [-0.25, -0.2) is 9.78 Å². The second-order valence-electron chi connectivity index (χ2n) is 5.60. The molecule has 0 atom stereocenters. The summed E-state index contributed by atoms with van der Waals surface area (Å²) in [5.74, 6) is -0.578. The zero-order valence-electron chi connectivity index (χ0n) is 13.5. The number of benzene rings is 2. The van der Waals surface area contributed by atoms with Crippen LogP contribution in [0, 0.1) is 0 Å². The third-order valence-electron chi connectivity index (χ3n) is 3.81. The van der Waals surface area contributed by atoms with Gasteiger partial charge >= 0.3 is 5.63 Å². The van der Waals surface area contributed by atoms with Crippen LogP contribution in [0.3, 0.4) is 0 Å². The minimum absolute atomic E-state index is 0.0879. The number of carbonyl (C=O) groups excluding carboxylic acids is 1. The van der Waals surface area contributed by atoms with Crippen LogP contribution in [0.15, 0.2) is 67.6 Å². The Morgan fingerprint density at radius 2 is 2.00 bits per heavy atom. The molecule has 0 aliphatic carbocycles. The monoisotopic (exact) mass is 460 g/mol. The summed E-state index contributed by atoms with van der Waals surface area (Å²) in [6.07, 6.45) is 0. The van der Waals surface area contributed by atoms with Crippen molar-refractivity contribution in [3.05, 3.63) is 79.4 Å². The highest BCUT2D eigenvalue weighted by Crippen LogP contribution is 2.30. The average molecular weight is 462 g/mol. The van der Waals surface area contributed by atoms with Gasteiger partial charge in [-0.15, -0.1) is 11.3 Å². The second kappa shape index (κ2) is 7.26. The van der Waals surface area contributed by atoms with Crippen LogP contribution in [0.25, 0.3) is 22.2 Å². The first kappa shape index (κ1) is 17.9. The maximum atomic E-state index is 12.5. The Hall–Kier alpha value is -2.48. The van der Waals surface area contributed by atoms with Crippen LogP contribution in [-0.2, 0) is 0 Å². The fourth-order valence-corrected chi connectivity index (χ4v) is 3.86. The van der Waals surface area contributed by atoms with Gasteiger partial charge < -0.3 is 4.42 Å². The van der Waals surface area contributed by atoms with E-state index in [0.29, 0.717) is 26.8 Å².